The van der Waals surface area contributed by atoms with Gasteiger partial charge >= 0.3 is 6.18 Å². The van der Waals surface area contributed by atoms with Gasteiger partial charge in [0.25, 0.3) is 5.82 Å². The number of nitrogens with zero attached hydrogens (tertiary/aromatic N) is 4. The standard InChI is InChI=1S/C14H11F3N4O2S2/c1-2-23-9-5-7(3-4-8(9)22)11-20-10(6-24-11)25-13-19-18-12(21(13)20)14(15,16)17/h3-6,11,22H,2H2,1H3. The second-order valence-corrected chi connectivity index (χ2v) is 7.11. The fraction of sp³-hybridized carbons (Fsp3) is 0.286. The molecule has 132 valence electrons. The molecule has 11 heteroatoms. The molecule has 3 heterocycles. The van der Waals surface area contributed by atoms with Crippen LogP contribution in [0, 0.1) is 0 Å². The van der Waals surface area contributed by atoms with Gasteiger partial charge in [-0.3, -0.25) is 5.01 Å². The Hall–Kier alpha value is -2.01. The van der Waals surface area contributed by atoms with Gasteiger partial charge in [0, 0.05) is 5.41 Å². The molecule has 2 aliphatic rings. The molecule has 2 aliphatic heterocycles. The maximum absolute atomic E-state index is 13.2. The van der Waals surface area contributed by atoms with Gasteiger partial charge in [0.2, 0.25) is 5.16 Å². The minimum Gasteiger partial charge on any atom is -0.504 e. The van der Waals surface area contributed by atoms with Crippen LogP contribution in [0.1, 0.15) is 23.7 Å². The van der Waals surface area contributed by atoms with E-state index < -0.39 is 17.4 Å². The van der Waals surface area contributed by atoms with Crippen molar-refractivity contribution in [2.24, 2.45) is 0 Å². The normalized spacial score (nSPS) is 19.0. The van der Waals surface area contributed by atoms with Crippen LogP contribution in [-0.2, 0) is 6.18 Å². The summed E-state index contributed by atoms with van der Waals surface area (Å²) in [7, 11) is 0. The minimum absolute atomic E-state index is 0.0152. The molecule has 0 saturated carbocycles. The predicted molar refractivity (Wildman–Crippen MR) is 86.8 cm³/mol. The lowest BCUT2D eigenvalue weighted by Gasteiger charge is -2.26. The number of hydrogen-bond acceptors (Lipinski definition) is 7. The Balaban J connectivity index is 1.75. The molecule has 1 aromatic heterocycles. The summed E-state index contributed by atoms with van der Waals surface area (Å²) in [6.07, 6.45) is -4.61. The number of phenols is 1. The van der Waals surface area contributed by atoms with Gasteiger partial charge in [-0.25, -0.2) is 4.68 Å². The van der Waals surface area contributed by atoms with Gasteiger partial charge < -0.3 is 9.84 Å². The third kappa shape index (κ3) is 2.61. The van der Waals surface area contributed by atoms with Crippen LogP contribution in [0.4, 0.5) is 13.2 Å². The Bertz CT molecular complexity index is 868. The van der Waals surface area contributed by atoms with Crippen LogP contribution >= 0.6 is 23.5 Å². The molecule has 4 rings (SSSR count). The smallest absolute Gasteiger partial charge is 0.453 e. The molecule has 0 fully saturated rings. The SMILES string of the molecule is CCOc1cc(C2SC=C3Sc4nnc(C(F)(F)F)n4N32)ccc1O. The van der Waals surface area contributed by atoms with Crippen molar-refractivity contribution < 1.29 is 23.0 Å². The molecule has 0 saturated heterocycles. The zero-order chi connectivity index (χ0) is 17.8. The lowest BCUT2D eigenvalue weighted by molar-refractivity contribution is -0.147. The summed E-state index contributed by atoms with van der Waals surface area (Å²) in [4.78, 5) is 0. The first-order valence-corrected chi connectivity index (χ1v) is 8.97. The average Bonchev–Trinajstić information content (AvgIpc) is 3.19. The van der Waals surface area contributed by atoms with Gasteiger partial charge in [-0.1, -0.05) is 17.8 Å². The summed E-state index contributed by atoms with van der Waals surface area (Å²) in [5.41, 5.74) is 0.702. The number of thioether (sulfide) groups is 2. The van der Waals surface area contributed by atoms with Gasteiger partial charge in [0.15, 0.2) is 11.5 Å². The van der Waals surface area contributed by atoms with Crippen molar-refractivity contribution >= 4 is 23.5 Å². The second kappa shape index (κ2) is 5.77. The van der Waals surface area contributed by atoms with Gasteiger partial charge in [-0.15, -0.1) is 10.2 Å². The fourth-order valence-electron chi connectivity index (χ4n) is 2.59. The molecule has 2 aromatic rings. The van der Waals surface area contributed by atoms with Crippen LogP contribution in [0.25, 0.3) is 0 Å². The van der Waals surface area contributed by atoms with E-state index in [1.807, 2.05) is 0 Å². The zero-order valence-corrected chi connectivity index (χ0v) is 14.3. The van der Waals surface area contributed by atoms with Crippen LogP contribution in [-0.4, -0.2) is 26.6 Å². The van der Waals surface area contributed by atoms with E-state index in [0.717, 1.165) is 16.4 Å². The highest BCUT2D eigenvalue weighted by atomic mass is 32.2. The predicted octanol–water partition coefficient (Wildman–Crippen LogP) is 3.69. The molecule has 1 atom stereocenters. The molecule has 6 nitrogen and oxygen atoms in total. The summed E-state index contributed by atoms with van der Waals surface area (Å²) < 4.78 is 46.1. The molecule has 25 heavy (non-hydrogen) atoms. The van der Waals surface area contributed by atoms with Crippen LogP contribution in [0.3, 0.4) is 0 Å². The number of alkyl halides is 3. The fourth-order valence-corrected chi connectivity index (χ4v) is 4.81. The number of aromatic nitrogens is 3. The number of aromatic hydroxyl groups is 1. The Morgan fingerprint density at radius 1 is 1.32 bits per heavy atom. The van der Waals surface area contributed by atoms with Crippen LogP contribution in [0.2, 0.25) is 0 Å². The summed E-state index contributed by atoms with van der Waals surface area (Å²) in [5.74, 6) is -0.783. The molecule has 0 amide bonds. The van der Waals surface area contributed by atoms with Gasteiger partial charge in [0.1, 0.15) is 10.4 Å². The van der Waals surface area contributed by atoms with E-state index in [1.54, 1.807) is 24.5 Å². The largest absolute Gasteiger partial charge is 0.504 e. The molecule has 1 unspecified atom stereocenters. The molecular formula is C14H11F3N4O2S2. The molecular weight excluding hydrogens is 377 g/mol. The van der Waals surface area contributed by atoms with Gasteiger partial charge in [0.05, 0.1) is 6.61 Å². The first-order chi connectivity index (χ1) is 11.9. The van der Waals surface area contributed by atoms with Crippen LogP contribution < -0.4 is 9.75 Å². The van der Waals surface area contributed by atoms with Gasteiger partial charge in [-0.2, -0.15) is 13.2 Å². The number of hydrogen-bond donors (Lipinski definition) is 1. The maximum Gasteiger partial charge on any atom is 0.453 e. The Morgan fingerprint density at radius 2 is 2.12 bits per heavy atom. The van der Waals surface area contributed by atoms with Crippen molar-refractivity contribution in [3.63, 3.8) is 0 Å². The highest BCUT2D eigenvalue weighted by molar-refractivity contribution is 8.07. The third-order valence-electron chi connectivity index (χ3n) is 3.59. The monoisotopic (exact) mass is 388 g/mol. The number of benzene rings is 1. The first-order valence-electron chi connectivity index (χ1n) is 7.21. The number of halogens is 3. The molecule has 0 bridgehead atoms. The summed E-state index contributed by atoms with van der Waals surface area (Å²) >= 11 is 2.50. The topological polar surface area (TPSA) is 63.4 Å². The maximum atomic E-state index is 13.2. The summed E-state index contributed by atoms with van der Waals surface area (Å²) in [5, 5.41) is 20.4. The zero-order valence-electron chi connectivity index (χ0n) is 12.7. The molecule has 0 spiro atoms. The van der Waals surface area contributed by atoms with E-state index in [-0.39, 0.29) is 10.9 Å². The minimum atomic E-state index is -4.61. The van der Waals surface area contributed by atoms with E-state index in [4.69, 9.17) is 4.74 Å². The second-order valence-electron chi connectivity index (χ2n) is 5.17. The van der Waals surface area contributed by atoms with Crippen molar-refractivity contribution in [3.8, 4) is 11.5 Å². The summed E-state index contributed by atoms with van der Waals surface area (Å²) in [6.45, 7) is 2.15. The Labute approximate surface area is 148 Å². The van der Waals surface area contributed by atoms with E-state index in [1.165, 1.54) is 22.8 Å². The number of fused-ring (bicyclic) bond motifs is 3. The van der Waals surface area contributed by atoms with Crippen molar-refractivity contribution in [3.05, 3.63) is 40.0 Å². The quantitative estimate of drug-likeness (QED) is 0.860. The van der Waals surface area contributed by atoms with E-state index >= 15 is 0 Å². The van der Waals surface area contributed by atoms with Crippen molar-refractivity contribution in [2.45, 2.75) is 23.6 Å². The van der Waals surface area contributed by atoms with Crippen LogP contribution in [0.5, 0.6) is 11.5 Å². The molecule has 1 N–H and O–H groups in total. The highest BCUT2D eigenvalue weighted by Gasteiger charge is 2.47. The Kier molecular flexibility index (Phi) is 3.80. The highest BCUT2D eigenvalue weighted by Crippen LogP contribution is 2.52. The van der Waals surface area contributed by atoms with E-state index in [9.17, 15) is 18.3 Å². The van der Waals surface area contributed by atoms with Crippen molar-refractivity contribution in [2.75, 3.05) is 11.6 Å². The Morgan fingerprint density at radius 3 is 2.84 bits per heavy atom. The van der Waals surface area contributed by atoms with Crippen LogP contribution in [0.15, 0.2) is 33.8 Å². The molecule has 0 aliphatic carbocycles. The summed E-state index contributed by atoms with van der Waals surface area (Å²) in [6, 6.07) is 4.76. The first kappa shape index (κ1) is 16.5. The van der Waals surface area contributed by atoms with Crippen molar-refractivity contribution in [1.29, 1.82) is 0 Å². The van der Waals surface area contributed by atoms with E-state index in [2.05, 4.69) is 10.2 Å². The lowest BCUT2D eigenvalue weighted by Crippen LogP contribution is -2.33. The number of rotatable bonds is 3. The third-order valence-corrected chi connectivity index (χ3v) is 5.78. The van der Waals surface area contributed by atoms with Crippen molar-refractivity contribution in [1.82, 2.24) is 14.9 Å². The average molecular weight is 388 g/mol. The lowest BCUT2D eigenvalue weighted by atomic mass is 10.2. The number of phenolic OH excluding ortho intramolecular Hbond substituents is 1. The molecule has 0 radical (unpaired) electrons. The number of ether oxygens (including phenoxy) is 1. The van der Waals surface area contributed by atoms with E-state index in [0.29, 0.717) is 22.9 Å². The molecule has 1 aromatic carbocycles. The van der Waals surface area contributed by atoms with Gasteiger partial charge in [-0.05, 0) is 36.4 Å².